The SMILES string of the molecule is Cc1cc(NC(=O)c2ccc(I)c(Cl)c2)ccc1N. The van der Waals surface area contributed by atoms with Crippen molar-refractivity contribution in [2.24, 2.45) is 0 Å². The van der Waals surface area contributed by atoms with Gasteiger partial charge in [0.05, 0.1) is 5.02 Å². The molecule has 3 N–H and O–H groups in total. The van der Waals surface area contributed by atoms with Gasteiger partial charge < -0.3 is 11.1 Å². The standard InChI is InChI=1S/C14H12ClIN2O/c1-8-6-10(3-5-13(8)17)18-14(19)9-2-4-12(16)11(15)7-9/h2-7H,17H2,1H3,(H,18,19). The molecule has 98 valence electrons. The van der Waals surface area contributed by atoms with Crippen LogP contribution in [0.1, 0.15) is 15.9 Å². The van der Waals surface area contributed by atoms with Crippen LogP contribution in [-0.4, -0.2) is 5.91 Å². The molecule has 0 saturated heterocycles. The van der Waals surface area contributed by atoms with Crippen LogP contribution in [0.2, 0.25) is 5.02 Å². The Labute approximate surface area is 130 Å². The van der Waals surface area contributed by atoms with Gasteiger partial charge >= 0.3 is 0 Å². The highest BCUT2D eigenvalue weighted by Gasteiger charge is 2.08. The summed E-state index contributed by atoms with van der Waals surface area (Å²) in [7, 11) is 0. The van der Waals surface area contributed by atoms with Gasteiger partial charge in [0.1, 0.15) is 0 Å². The van der Waals surface area contributed by atoms with Crippen molar-refractivity contribution in [3.8, 4) is 0 Å². The summed E-state index contributed by atoms with van der Waals surface area (Å²) in [6.45, 7) is 1.90. The Balaban J connectivity index is 2.20. The number of nitrogens with one attached hydrogen (secondary N) is 1. The second-order valence-electron chi connectivity index (χ2n) is 4.15. The third-order valence-corrected chi connectivity index (χ3v) is 4.28. The lowest BCUT2D eigenvalue weighted by Crippen LogP contribution is -2.12. The van der Waals surface area contributed by atoms with Crippen LogP contribution in [0.15, 0.2) is 36.4 Å². The fourth-order valence-electron chi connectivity index (χ4n) is 1.59. The second-order valence-corrected chi connectivity index (χ2v) is 5.72. The minimum absolute atomic E-state index is 0.192. The molecule has 2 aromatic carbocycles. The number of hydrogen-bond acceptors (Lipinski definition) is 2. The van der Waals surface area contributed by atoms with Crippen LogP contribution < -0.4 is 11.1 Å². The molecule has 0 heterocycles. The fraction of sp³-hybridized carbons (Fsp3) is 0.0714. The minimum atomic E-state index is -0.192. The highest BCUT2D eigenvalue weighted by Crippen LogP contribution is 2.21. The zero-order chi connectivity index (χ0) is 14.0. The molecule has 0 spiro atoms. The average Bonchev–Trinajstić information content (AvgIpc) is 2.37. The lowest BCUT2D eigenvalue weighted by Gasteiger charge is -2.08. The Morgan fingerprint density at radius 3 is 2.63 bits per heavy atom. The summed E-state index contributed by atoms with van der Waals surface area (Å²) in [5, 5.41) is 3.39. The van der Waals surface area contributed by atoms with Crippen LogP contribution in [0, 0.1) is 10.5 Å². The van der Waals surface area contributed by atoms with Gasteiger partial charge in [-0.25, -0.2) is 0 Å². The smallest absolute Gasteiger partial charge is 0.255 e. The van der Waals surface area contributed by atoms with Gasteiger partial charge in [0.15, 0.2) is 0 Å². The number of hydrogen-bond donors (Lipinski definition) is 2. The van der Waals surface area contributed by atoms with Gasteiger partial charge in [-0.2, -0.15) is 0 Å². The summed E-state index contributed by atoms with van der Waals surface area (Å²) in [6.07, 6.45) is 0. The third-order valence-electron chi connectivity index (χ3n) is 2.71. The molecule has 3 nitrogen and oxygen atoms in total. The van der Waals surface area contributed by atoms with Crippen molar-refractivity contribution in [2.75, 3.05) is 11.1 Å². The molecule has 0 fully saturated rings. The maximum absolute atomic E-state index is 12.1. The van der Waals surface area contributed by atoms with E-state index in [4.69, 9.17) is 17.3 Å². The van der Waals surface area contributed by atoms with E-state index in [1.165, 1.54) is 0 Å². The van der Waals surface area contributed by atoms with Crippen LogP contribution >= 0.6 is 34.2 Å². The number of carbonyl (C=O) groups excluding carboxylic acids is 1. The minimum Gasteiger partial charge on any atom is -0.399 e. The van der Waals surface area contributed by atoms with Crippen molar-refractivity contribution in [2.45, 2.75) is 6.92 Å². The van der Waals surface area contributed by atoms with E-state index in [1.54, 1.807) is 24.3 Å². The lowest BCUT2D eigenvalue weighted by molar-refractivity contribution is 0.102. The number of nitrogen functional groups attached to an aromatic ring is 1. The van der Waals surface area contributed by atoms with E-state index in [-0.39, 0.29) is 5.91 Å². The zero-order valence-electron chi connectivity index (χ0n) is 10.2. The predicted molar refractivity (Wildman–Crippen MR) is 87.7 cm³/mol. The molecule has 5 heteroatoms. The Kier molecular flexibility index (Phi) is 4.31. The van der Waals surface area contributed by atoms with E-state index < -0.39 is 0 Å². The first kappa shape index (κ1) is 14.1. The molecule has 1 amide bonds. The monoisotopic (exact) mass is 386 g/mol. The largest absolute Gasteiger partial charge is 0.399 e. The maximum Gasteiger partial charge on any atom is 0.255 e. The van der Waals surface area contributed by atoms with E-state index in [0.717, 1.165) is 9.13 Å². The quantitative estimate of drug-likeness (QED) is 0.603. The van der Waals surface area contributed by atoms with E-state index in [9.17, 15) is 4.79 Å². The molecule has 19 heavy (non-hydrogen) atoms. The summed E-state index contributed by atoms with van der Waals surface area (Å²) in [5.74, 6) is -0.192. The van der Waals surface area contributed by atoms with Crippen molar-refractivity contribution >= 4 is 51.5 Å². The number of halogens is 2. The zero-order valence-corrected chi connectivity index (χ0v) is 13.1. The van der Waals surface area contributed by atoms with E-state index in [0.29, 0.717) is 22.0 Å². The molecule has 0 aliphatic carbocycles. The molecule has 0 aliphatic rings. The summed E-state index contributed by atoms with van der Waals surface area (Å²) in [5.41, 5.74) is 8.61. The molecule has 0 atom stereocenters. The van der Waals surface area contributed by atoms with Crippen molar-refractivity contribution < 1.29 is 4.79 Å². The first-order valence-electron chi connectivity index (χ1n) is 5.60. The lowest BCUT2D eigenvalue weighted by atomic mass is 10.1. The molecule has 2 rings (SSSR count). The Hall–Kier alpha value is -1.27. The van der Waals surface area contributed by atoms with Crippen LogP contribution in [0.5, 0.6) is 0 Å². The fourth-order valence-corrected chi connectivity index (χ4v) is 2.11. The second kappa shape index (κ2) is 5.79. The van der Waals surface area contributed by atoms with Crippen molar-refractivity contribution in [3.05, 3.63) is 56.1 Å². The number of benzene rings is 2. The van der Waals surface area contributed by atoms with Gasteiger partial charge in [0, 0.05) is 20.5 Å². The van der Waals surface area contributed by atoms with Gasteiger partial charge in [-0.15, -0.1) is 0 Å². The first-order chi connectivity index (χ1) is 8.97. The Bertz CT molecular complexity index is 643. The van der Waals surface area contributed by atoms with Gasteiger partial charge in [0.2, 0.25) is 0 Å². The first-order valence-corrected chi connectivity index (χ1v) is 7.05. The predicted octanol–water partition coefficient (Wildman–Crippen LogP) is 4.09. The van der Waals surface area contributed by atoms with Crippen LogP contribution in [0.25, 0.3) is 0 Å². The Morgan fingerprint density at radius 1 is 1.26 bits per heavy atom. The topological polar surface area (TPSA) is 55.1 Å². The molecule has 2 aromatic rings. The van der Waals surface area contributed by atoms with Crippen molar-refractivity contribution in [3.63, 3.8) is 0 Å². The van der Waals surface area contributed by atoms with E-state index >= 15 is 0 Å². The maximum atomic E-state index is 12.1. The summed E-state index contributed by atoms with van der Waals surface area (Å²) in [6, 6.07) is 10.6. The van der Waals surface area contributed by atoms with Crippen LogP contribution in [-0.2, 0) is 0 Å². The van der Waals surface area contributed by atoms with Crippen molar-refractivity contribution in [1.29, 1.82) is 0 Å². The van der Waals surface area contributed by atoms with E-state index in [1.807, 2.05) is 19.1 Å². The molecule has 0 aliphatic heterocycles. The Morgan fingerprint density at radius 2 is 2.00 bits per heavy atom. The molecule has 0 saturated carbocycles. The molecule has 0 unspecified atom stereocenters. The molecule has 0 aromatic heterocycles. The molecule has 0 radical (unpaired) electrons. The van der Waals surface area contributed by atoms with Gasteiger partial charge in [-0.1, -0.05) is 11.6 Å². The number of rotatable bonds is 2. The number of amides is 1. The number of aryl methyl sites for hydroxylation is 1. The normalized spacial score (nSPS) is 10.3. The summed E-state index contributed by atoms with van der Waals surface area (Å²) < 4.78 is 0.916. The molecule has 0 bridgehead atoms. The number of anilines is 2. The van der Waals surface area contributed by atoms with E-state index in [2.05, 4.69) is 27.9 Å². The highest BCUT2D eigenvalue weighted by atomic mass is 127. The summed E-state index contributed by atoms with van der Waals surface area (Å²) >= 11 is 8.12. The van der Waals surface area contributed by atoms with Gasteiger partial charge in [0.25, 0.3) is 5.91 Å². The highest BCUT2D eigenvalue weighted by molar-refractivity contribution is 14.1. The average molecular weight is 387 g/mol. The summed E-state index contributed by atoms with van der Waals surface area (Å²) in [4.78, 5) is 12.1. The number of carbonyl (C=O) groups is 1. The molecular formula is C14H12ClIN2O. The van der Waals surface area contributed by atoms with Crippen molar-refractivity contribution in [1.82, 2.24) is 0 Å². The van der Waals surface area contributed by atoms with Gasteiger partial charge in [-0.3, -0.25) is 4.79 Å². The third kappa shape index (κ3) is 3.39. The van der Waals surface area contributed by atoms with Gasteiger partial charge in [-0.05, 0) is 71.5 Å². The molecular weight excluding hydrogens is 375 g/mol. The van der Waals surface area contributed by atoms with Crippen LogP contribution in [0.4, 0.5) is 11.4 Å². The number of nitrogens with two attached hydrogens (primary N) is 1. The van der Waals surface area contributed by atoms with Crippen LogP contribution in [0.3, 0.4) is 0 Å².